The van der Waals surface area contributed by atoms with Crippen LogP contribution in [0.4, 0.5) is 11.4 Å². The van der Waals surface area contributed by atoms with E-state index in [2.05, 4.69) is 10.3 Å². The molecule has 0 radical (unpaired) electrons. The number of hydrogen-bond acceptors (Lipinski definition) is 4. The molecular formula is C23H20ClN3O2S. The standard InChI is InChI=1S/C23H20ClN3O2S/c1-15-17(24)8-4-9-18(15)26-21(28)12-6-14-27-19-10-5-13-25-22(19)30-20-11-3-2-7-16(20)23(27)29/h2-5,7-11,13H,6,12,14H2,1H3,(H,26,28). The topological polar surface area (TPSA) is 62.3 Å². The summed E-state index contributed by atoms with van der Waals surface area (Å²) >= 11 is 7.61. The van der Waals surface area contributed by atoms with Gasteiger partial charge in [0.2, 0.25) is 5.91 Å². The van der Waals surface area contributed by atoms with Gasteiger partial charge in [0, 0.05) is 34.8 Å². The number of amides is 2. The van der Waals surface area contributed by atoms with Crippen LogP contribution in [0, 0.1) is 6.92 Å². The summed E-state index contributed by atoms with van der Waals surface area (Å²) < 4.78 is 0. The average molecular weight is 438 g/mol. The Kier molecular flexibility index (Phi) is 6.06. The Bertz CT molecular complexity index is 1120. The molecule has 7 heteroatoms. The lowest BCUT2D eigenvalue weighted by atomic mass is 10.1. The molecule has 0 unspecified atom stereocenters. The molecule has 0 bridgehead atoms. The van der Waals surface area contributed by atoms with Crippen molar-refractivity contribution in [3.05, 3.63) is 76.9 Å². The molecular weight excluding hydrogens is 418 g/mol. The van der Waals surface area contributed by atoms with Crippen molar-refractivity contribution in [1.29, 1.82) is 0 Å². The first-order valence-electron chi connectivity index (χ1n) is 9.63. The van der Waals surface area contributed by atoms with Crippen molar-refractivity contribution in [2.45, 2.75) is 29.7 Å². The Hall–Kier alpha value is -2.83. The van der Waals surface area contributed by atoms with E-state index >= 15 is 0 Å². The minimum atomic E-state index is -0.108. The Morgan fingerprint density at radius 1 is 1.13 bits per heavy atom. The van der Waals surface area contributed by atoms with Crippen LogP contribution in [0.25, 0.3) is 0 Å². The molecule has 0 aliphatic carbocycles. The van der Waals surface area contributed by atoms with Crippen LogP contribution in [0.3, 0.4) is 0 Å². The van der Waals surface area contributed by atoms with Crippen LogP contribution in [-0.4, -0.2) is 23.3 Å². The number of carbonyl (C=O) groups excluding carboxylic acids is 2. The van der Waals surface area contributed by atoms with Gasteiger partial charge in [-0.2, -0.15) is 0 Å². The van der Waals surface area contributed by atoms with E-state index < -0.39 is 0 Å². The second-order valence-electron chi connectivity index (χ2n) is 6.95. The molecule has 5 nitrogen and oxygen atoms in total. The minimum absolute atomic E-state index is 0.0732. The minimum Gasteiger partial charge on any atom is -0.326 e. The third-order valence-electron chi connectivity index (χ3n) is 4.94. The lowest BCUT2D eigenvalue weighted by Gasteiger charge is -2.22. The van der Waals surface area contributed by atoms with Crippen molar-refractivity contribution < 1.29 is 9.59 Å². The van der Waals surface area contributed by atoms with E-state index in [1.165, 1.54) is 11.8 Å². The van der Waals surface area contributed by atoms with Gasteiger partial charge in [-0.25, -0.2) is 4.98 Å². The van der Waals surface area contributed by atoms with E-state index in [0.717, 1.165) is 21.2 Å². The van der Waals surface area contributed by atoms with E-state index in [-0.39, 0.29) is 11.8 Å². The molecule has 0 fully saturated rings. The van der Waals surface area contributed by atoms with Crippen LogP contribution in [0.1, 0.15) is 28.8 Å². The number of fused-ring (bicyclic) bond motifs is 2. The highest BCUT2D eigenvalue weighted by molar-refractivity contribution is 7.99. The monoisotopic (exact) mass is 437 g/mol. The number of anilines is 2. The van der Waals surface area contributed by atoms with Crippen molar-refractivity contribution in [2.75, 3.05) is 16.8 Å². The highest BCUT2D eigenvalue weighted by Gasteiger charge is 2.27. The number of rotatable bonds is 5. The third kappa shape index (κ3) is 4.20. The zero-order chi connectivity index (χ0) is 21.1. The Balaban J connectivity index is 1.48. The molecule has 30 heavy (non-hydrogen) atoms. The van der Waals surface area contributed by atoms with Gasteiger partial charge in [-0.05, 0) is 55.3 Å². The number of carbonyl (C=O) groups is 2. The molecule has 152 valence electrons. The third-order valence-corrected chi connectivity index (χ3v) is 6.43. The maximum absolute atomic E-state index is 13.2. The van der Waals surface area contributed by atoms with Gasteiger partial charge in [0.15, 0.2) is 0 Å². The summed E-state index contributed by atoms with van der Waals surface area (Å²) in [5.74, 6) is -0.181. The molecule has 1 N–H and O–H groups in total. The largest absolute Gasteiger partial charge is 0.326 e. The molecule has 2 amide bonds. The number of nitrogens with zero attached hydrogens (tertiary/aromatic N) is 2. The van der Waals surface area contributed by atoms with E-state index in [1.807, 2.05) is 49.4 Å². The fraction of sp³-hybridized carbons (Fsp3) is 0.174. The summed E-state index contributed by atoms with van der Waals surface area (Å²) in [6.45, 7) is 2.29. The molecule has 1 aromatic heterocycles. The zero-order valence-corrected chi connectivity index (χ0v) is 18.0. The molecule has 0 atom stereocenters. The number of halogens is 1. The van der Waals surface area contributed by atoms with Crippen LogP contribution >= 0.6 is 23.4 Å². The van der Waals surface area contributed by atoms with Gasteiger partial charge >= 0.3 is 0 Å². The summed E-state index contributed by atoms with van der Waals surface area (Å²) in [6.07, 6.45) is 2.54. The SMILES string of the molecule is Cc1c(Cl)cccc1NC(=O)CCCN1C(=O)c2ccccc2Sc2ncccc21. The Labute approximate surface area is 184 Å². The number of nitrogens with one attached hydrogen (secondary N) is 1. The first-order valence-corrected chi connectivity index (χ1v) is 10.8. The van der Waals surface area contributed by atoms with Crippen LogP contribution in [0.5, 0.6) is 0 Å². The first-order chi connectivity index (χ1) is 14.5. The van der Waals surface area contributed by atoms with Crippen molar-refractivity contribution in [1.82, 2.24) is 4.98 Å². The van der Waals surface area contributed by atoms with Crippen molar-refractivity contribution in [2.24, 2.45) is 0 Å². The summed E-state index contributed by atoms with van der Waals surface area (Å²) in [4.78, 5) is 32.7. The van der Waals surface area contributed by atoms with E-state index in [1.54, 1.807) is 23.2 Å². The first kappa shape index (κ1) is 20.4. The maximum Gasteiger partial charge on any atom is 0.259 e. The molecule has 1 aliphatic heterocycles. The summed E-state index contributed by atoms with van der Waals surface area (Å²) in [5, 5.41) is 4.30. The lowest BCUT2D eigenvalue weighted by Crippen LogP contribution is -2.32. The normalized spacial score (nSPS) is 12.7. The van der Waals surface area contributed by atoms with Gasteiger partial charge in [-0.15, -0.1) is 0 Å². The van der Waals surface area contributed by atoms with Gasteiger partial charge in [0.1, 0.15) is 5.03 Å². The van der Waals surface area contributed by atoms with E-state index in [0.29, 0.717) is 35.7 Å². The number of pyridine rings is 1. The van der Waals surface area contributed by atoms with E-state index in [4.69, 9.17) is 11.6 Å². The Morgan fingerprint density at radius 3 is 2.83 bits per heavy atom. The van der Waals surface area contributed by atoms with Crippen molar-refractivity contribution >= 4 is 46.6 Å². The lowest BCUT2D eigenvalue weighted by molar-refractivity contribution is -0.116. The summed E-state index contributed by atoms with van der Waals surface area (Å²) in [5.41, 5.74) is 2.97. The van der Waals surface area contributed by atoms with Gasteiger partial charge in [0.25, 0.3) is 5.91 Å². The van der Waals surface area contributed by atoms with E-state index in [9.17, 15) is 9.59 Å². The summed E-state index contributed by atoms with van der Waals surface area (Å²) in [6, 6.07) is 16.7. The number of benzene rings is 2. The van der Waals surface area contributed by atoms with Gasteiger partial charge in [-0.1, -0.05) is 41.6 Å². The smallest absolute Gasteiger partial charge is 0.259 e. The molecule has 0 saturated carbocycles. The van der Waals surface area contributed by atoms with Crippen molar-refractivity contribution in [3.8, 4) is 0 Å². The van der Waals surface area contributed by atoms with Crippen LogP contribution in [0.15, 0.2) is 70.7 Å². The fourth-order valence-electron chi connectivity index (χ4n) is 3.33. The predicted molar refractivity (Wildman–Crippen MR) is 121 cm³/mol. The van der Waals surface area contributed by atoms with Gasteiger partial charge in [0.05, 0.1) is 11.3 Å². The predicted octanol–water partition coefficient (Wildman–Crippen LogP) is 5.57. The average Bonchev–Trinajstić information content (AvgIpc) is 2.86. The molecule has 0 saturated heterocycles. The molecule has 2 aromatic carbocycles. The molecule has 2 heterocycles. The van der Waals surface area contributed by atoms with Crippen molar-refractivity contribution in [3.63, 3.8) is 0 Å². The molecule has 3 aromatic rings. The maximum atomic E-state index is 13.2. The molecule has 4 rings (SSSR count). The fourth-order valence-corrected chi connectivity index (χ4v) is 4.52. The molecule has 0 spiro atoms. The van der Waals surface area contributed by atoms with Crippen LogP contribution in [-0.2, 0) is 4.79 Å². The highest BCUT2D eigenvalue weighted by atomic mass is 35.5. The highest BCUT2D eigenvalue weighted by Crippen LogP contribution is 2.39. The van der Waals surface area contributed by atoms with Gasteiger partial charge in [-0.3, -0.25) is 9.59 Å². The second-order valence-corrected chi connectivity index (χ2v) is 8.38. The number of aromatic nitrogens is 1. The zero-order valence-electron chi connectivity index (χ0n) is 16.4. The molecule has 1 aliphatic rings. The second kappa shape index (κ2) is 8.90. The van der Waals surface area contributed by atoms with Gasteiger partial charge < -0.3 is 10.2 Å². The quantitative estimate of drug-likeness (QED) is 0.566. The summed E-state index contributed by atoms with van der Waals surface area (Å²) in [7, 11) is 0. The number of hydrogen-bond donors (Lipinski definition) is 1. The Morgan fingerprint density at radius 2 is 1.97 bits per heavy atom. The van der Waals surface area contributed by atoms with Crippen LogP contribution in [0.2, 0.25) is 5.02 Å². The van der Waals surface area contributed by atoms with Crippen LogP contribution < -0.4 is 10.2 Å².